The molecule has 0 spiro atoms. The van der Waals surface area contributed by atoms with Crippen molar-refractivity contribution in [1.82, 2.24) is 15.2 Å². The van der Waals surface area contributed by atoms with E-state index in [4.69, 9.17) is 9.47 Å². The standard InChI is InChI=1S/C17H20N4O2/c1-12-7-8-15(20-19-12)21-11-14(17-13(21)5-4-10-22-17)23-16-6-2-3-9-18-16/h2-3,6-9,13-14,17H,4-5,10-11H2,1H3/t13-,14+,17+/m1/s1. The minimum atomic E-state index is -0.0432. The number of ether oxygens (including phenoxy) is 2. The SMILES string of the molecule is Cc1ccc(N2C[C@H](Oc3ccccn3)[C@H]3OCCC[C@H]32)nn1. The molecule has 2 saturated heterocycles. The van der Waals surface area contributed by atoms with Gasteiger partial charge in [-0.3, -0.25) is 0 Å². The van der Waals surface area contributed by atoms with Crippen LogP contribution in [0.3, 0.4) is 0 Å². The Morgan fingerprint density at radius 2 is 2.17 bits per heavy atom. The molecule has 2 aromatic heterocycles. The molecule has 2 aliphatic rings. The van der Waals surface area contributed by atoms with E-state index in [9.17, 15) is 0 Å². The summed E-state index contributed by atoms with van der Waals surface area (Å²) in [5, 5.41) is 8.53. The zero-order valence-electron chi connectivity index (χ0n) is 13.1. The van der Waals surface area contributed by atoms with Gasteiger partial charge in [0.1, 0.15) is 12.2 Å². The molecule has 0 unspecified atom stereocenters. The highest BCUT2D eigenvalue weighted by Gasteiger charge is 2.46. The minimum absolute atomic E-state index is 0.0432. The van der Waals surface area contributed by atoms with Crippen LogP contribution in [0.1, 0.15) is 18.5 Å². The first-order valence-electron chi connectivity index (χ1n) is 8.07. The first-order valence-corrected chi connectivity index (χ1v) is 8.07. The number of aromatic nitrogens is 3. The van der Waals surface area contributed by atoms with Crippen LogP contribution in [0.15, 0.2) is 36.5 Å². The van der Waals surface area contributed by atoms with Gasteiger partial charge in [0.2, 0.25) is 5.88 Å². The lowest BCUT2D eigenvalue weighted by Gasteiger charge is -2.32. The van der Waals surface area contributed by atoms with Crippen LogP contribution in [-0.2, 0) is 4.74 Å². The summed E-state index contributed by atoms with van der Waals surface area (Å²) in [4.78, 5) is 6.53. The second-order valence-corrected chi connectivity index (χ2v) is 6.05. The topological polar surface area (TPSA) is 60.4 Å². The Morgan fingerprint density at radius 3 is 2.96 bits per heavy atom. The van der Waals surface area contributed by atoms with Crippen molar-refractivity contribution in [3.8, 4) is 5.88 Å². The third-order valence-corrected chi connectivity index (χ3v) is 4.47. The quantitative estimate of drug-likeness (QED) is 0.864. The number of nitrogens with zero attached hydrogens (tertiary/aromatic N) is 4. The highest BCUT2D eigenvalue weighted by Crippen LogP contribution is 2.33. The van der Waals surface area contributed by atoms with Gasteiger partial charge < -0.3 is 14.4 Å². The van der Waals surface area contributed by atoms with E-state index >= 15 is 0 Å². The molecular weight excluding hydrogens is 292 g/mol. The lowest BCUT2D eigenvalue weighted by molar-refractivity contribution is -0.0372. The molecule has 0 aliphatic carbocycles. The minimum Gasteiger partial charge on any atom is -0.470 e. The molecule has 2 aliphatic heterocycles. The summed E-state index contributed by atoms with van der Waals surface area (Å²) in [6, 6.07) is 10.0. The average molecular weight is 312 g/mol. The summed E-state index contributed by atoms with van der Waals surface area (Å²) in [5.41, 5.74) is 0.922. The van der Waals surface area contributed by atoms with E-state index in [0.717, 1.165) is 37.5 Å². The molecule has 4 rings (SSSR count). The van der Waals surface area contributed by atoms with E-state index in [0.29, 0.717) is 5.88 Å². The maximum atomic E-state index is 6.09. The van der Waals surface area contributed by atoms with Gasteiger partial charge in [0.15, 0.2) is 5.82 Å². The summed E-state index contributed by atoms with van der Waals surface area (Å²) in [7, 11) is 0. The fraction of sp³-hybridized carbons (Fsp3) is 0.471. The van der Waals surface area contributed by atoms with Crippen LogP contribution >= 0.6 is 0 Å². The maximum absolute atomic E-state index is 6.09. The summed E-state index contributed by atoms with van der Waals surface area (Å²) in [6.07, 6.45) is 3.90. The van der Waals surface area contributed by atoms with Gasteiger partial charge in [0.05, 0.1) is 18.3 Å². The molecular formula is C17H20N4O2. The summed E-state index contributed by atoms with van der Waals surface area (Å²) in [6.45, 7) is 3.47. The Morgan fingerprint density at radius 1 is 1.22 bits per heavy atom. The molecule has 0 amide bonds. The lowest BCUT2D eigenvalue weighted by atomic mass is 10.0. The van der Waals surface area contributed by atoms with E-state index in [-0.39, 0.29) is 18.2 Å². The van der Waals surface area contributed by atoms with Crippen LogP contribution in [0, 0.1) is 6.92 Å². The van der Waals surface area contributed by atoms with Crippen molar-refractivity contribution in [2.24, 2.45) is 0 Å². The van der Waals surface area contributed by atoms with Crippen molar-refractivity contribution in [3.05, 3.63) is 42.2 Å². The number of hydrogen-bond donors (Lipinski definition) is 0. The molecule has 4 heterocycles. The van der Waals surface area contributed by atoms with Crippen molar-refractivity contribution in [2.75, 3.05) is 18.1 Å². The third-order valence-electron chi connectivity index (χ3n) is 4.47. The molecule has 23 heavy (non-hydrogen) atoms. The van der Waals surface area contributed by atoms with Gasteiger partial charge in [-0.15, -0.1) is 5.10 Å². The summed E-state index contributed by atoms with van der Waals surface area (Å²) in [5.74, 6) is 1.53. The first-order chi connectivity index (χ1) is 11.3. The fourth-order valence-electron chi connectivity index (χ4n) is 3.39. The number of rotatable bonds is 3. The van der Waals surface area contributed by atoms with Gasteiger partial charge in [0, 0.05) is 18.9 Å². The monoisotopic (exact) mass is 312 g/mol. The Labute approximate surface area is 135 Å². The van der Waals surface area contributed by atoms with Crippen LogP contribution in [0.4, 0.5) is 5.82 Å². The highest BCUT2D eigenvalue weighted by atomic mass is 16.5. The van der Waals surface area contributed by atoms with E-state index in [1.807, 2.05) is 37.3 Å². The van der Waals surface area contributed by atoms with Crippen molar-refractivity contribution < 1.29 is 9.47 Å². The molecule has 6 nitrogen and oxygen atoms in total. The van der Waals surface area contributed by atoms with Gasteiger partial charge >= 0.3 is 0 Å². The van der Waals surface area contributed by atoms with Crippen molar-refractivity contribution in [1.29, 1.82) is 0 Å². The summed E-state index contributed by atoms with van der Waals surface area (Å²) >= 11 is 0. The van der Waals surface area contributed by atoms with Gasteiger partial charge in [-0.1, -0.05) is 6.07 Å². The Balaban J connectivity index is 1.58. The number of anilines is 1. The highest BCUT2D eigenvalue weighted by molar-refractivity contribution is 5.42. The van der Waals surface area contributed by atoms with Gasteiger partial charge in [0.25, 0.3) is 0 Å². The number of pyridine rings is 1. The fourth-order valence-corrected chi connectivity index (χ4v) is 3.39. The largest absolute Gasteiger partial charge is 0.470 e. The third kappa shape index (κ3) is 2.86. The smallest absolute Gasteiger partial charge is 0.213 e. The molecule has 2 fully saturated rings. The van der Waals surface area contributed by atoms with Gasteiger partial charge in [-0.2, -0.15) is 5.10 Å². The van der Waals surface area contributed by atoms with Crippen LogP contribution in [0.2, 0.25) is 0 Å². The zero-order valence-corrected chi connectivity index (χ0v) is 13.1. The zero-order chi connectivity index (χ0) is 15.6. The second-order valence-electron chi connectivity index (χ2n) is 6.05. The molecule has 0 aromatic carbocycles. The van der Waals surface area contributed by atoms with Crippen LogP contribution in [0.25, 0.3) is 0 Å². The van der Waals surface area contributed by atoms with Crippen molar-refractivity contribution >= 4 is 5.82 Å². The van der Waals surface area contributed by atoms with E-state index < -0.39 is 0 Å². The van der Waals surface area contributed by atoms with Crippen molar-refractivity contribution in [2.45, 2.75) is 38.0 Å². The van der Waals surface area contributed by atoms with Gasteiger partial charge in [-0.25, -0.2) is 4.98 Å². The van der Waals surface area contributed by atoms with Crippen molar-refractivity contribution in [3.63, 3.8) is 0 Å². The summed E-state index contributed by atoms with van der Waals surface area (Å²) < 4.78 is 12.1. The molecule has 0 bridgehead atoms. The van der Waals surface area contributed by atoms with Crippen LogP contribution < -0.4 is 9.64 Å². The first kappa shape index (κ1) is 14.4. The van der Waals surface area contributed by atoms with E-state index in [1.54, 1.807) is 6.20 Å². The molecule has 0 radical (unpaired) electrons. The average Bonchev–Trinajstić information content (AvgIpc) is 2.95. The molecule has 0 N–H and O–H groups in total. The molecule has 120 valence electrons. The lowest BCUT2D eigenvalue weighted by Crippen LogP contribution is -2.42. The Bertz CT molecular complexity index is 649. The second kappa shape index (κ2) is 6.12. The molecule has 6 heteroatoms. The Kier molecular flexibility index (Phi) is 3.83. The number of aryl methyl sites for hydroxylation is 1. The Hall–Kier alpha value is -2.21. The number of fused-ring (bicyclic) bond motifs is 1. The number of hydrogen-bond acceptors (Lipinski definition) is 6. The predicted octanol–water partition coefficient (Wildman–Crippen LogP) is 2.00. The van der Waals surface area contributed by atoms with Crippen LogP contribution in [-0.4, -0.2) is 46.6 Å². The van der Waals surface area contributed by atoms with E-state index in [2.05, 4.69) is 20.1 Å². The van der Waals surface area contributed by atoms with E-state index in [1.165, 1.54) is 0 Å². The molecule has 0 saturated carbocycles. The van der Waals surface area contributed by atoms with Gasteiger partial charge in [-0.05, 0) is 38.0 Å². The predicted molar refractivity (Wildman–Crippen MR) is 85.5 cm³/mol. The van der Waals surface area contributed by atoms with Crippen LogP contribution in [0.5, 0.6) is 5.88 Å². The molecule has 2 aromatic rings. The normalized spacial score (nSPS) is 26.8. The maximum Gasteiger partial charge on any atom is 0.213 e. The molecule has 3 atom stereocenters.